The standard InChI is InChI=1S/C14H29N3O.HI/c1-2-3-4-5-6-7-8-9-16-14(15)17-10-12-18-13-11-17;/h2-13H2,1H3,(H2,15,16);1H. The van der Waals surface area contributed by atoms with Crippen LogP contribution in [0.4, 0.5) is 0 Å². The van der Waals surface area contributed by atoms with Gasteiger partial charge in [-0.3, -0.25) is 4.99 Å². The summed E-state index contributed by atoms with van der Waals surface area (Å²) in [4.78, 5) is 6.56. The van der Waals surface area contributed by atoms with E-state index in [1.807, 2.05) is 0 Å². The number of hydrogen-bond acceptors (Lipinski definition) is 2. The van der Waals surface area contributed by atoms with E-state index in [0.717, 1.165) is 39.3 Å². The van der Waals surface area contributed by atoms with Gasteiger partial charge in [0.05, 0.1) is 13.2 Å². The highest BCUT2D eigenvalue weighted by Crippen LogP contribution is 2.07. The number of ether oxygens (including phenoxy) is 1. The minimum atomic E-state index is 0. The first kappa shape index (κ1) is 19.0. The number of morpholine rings is 1. The van der Waals surface area contributed by atoms with Crippen molar-refractivity contribution in [1.82, 2.24) is 4.90 Å². The van der Waals surface area contributed by atoms with Crippen molar-refractivity contribution in [3.05, 3.63) is 0 Å². The van der Waals surface area contributed by atoms with Gasteiger partial charge in [-0.2, -0.15) is 0 Å². The van der Waals surface area contributed by atoms with E-state index in [4.69, 9.17) is 10.5 Å². The van der Waals surface area contributed by atoms with Crippen LogP contribution in [0.2, 0.25) is 0 Å². The molecule has 0 aliphatic carbocycles. The first-order chi connectivity index (χ1) is 8.84. The maximum absolute atomic E-state index is 5.95. The van der Waals surface area contributed by atoms with E-state index in [9.17, 15) is 0 Å². The van der Waals surface area contributed by atoms with Crippen LogP contribution >= 0.6 is 24.0 Å². The summed E-state index contributed by atoms with van der Waals surface area (Å²) in [6.07, 6.45) is 9.24. The van der Waals surface area contributed by atoms with Crippen molar-refractivity contribution < 1.29 is 4.74 Å². The molecule has 0 aromatic rings. The van der Waals surface area contributed by atoms with Gasteiger partial charge in [-0.25, -0.2) is 0 Å². The predicted molar refractivity (Wildman–Crippen MR) is 92.3 cm³/mol. The zero-order chi connectivity index (χ0) is 13.1. The Balaban J connectivity index is 0.00000324. The largest absolute Gasteiger partial charge is 0.378 e. The summed E-state index contributed by atoms with van der Waals surface area (Å²) in [6, 6.07) is 0. The number of hydrogen-bond donors (Lipinski definition) is 1. The molecule has 1 saturated heterocycles. The van der Waals surface area contributed by atoms with Gasteiger partial charge < -0.3 is 15.4 Å². The molecular weight excluding hydrogens is 353 g/mol. The predicted octanol–water partition coefficient (Wildman–Crippen LogP) is 3.00. The second-order valence-corrected chi connectivity index (χ2v) is 4.96. The summed E-state index contributed by atoms with van der Waals surface area (Å²) in [5.74, 6) is 0.698. The monoisotopic (exact) mass is 383 g/mol. The molecule has 2 N–H and O–H groups in total. The van der Waals surface area contributed by atoms with Crippen molar-refractivity contribution in [2.45, 2.75) is 51.9 Å². The lowest BCUT2D eigenvalue weighted by atomic mass is 10.1. The van der Waals surface area contributed by atoms with Gasteiger partial charge in [-0.05, 0) is 6.42 Å². The average Bonchev–Trinajstić information content (AvgIpc) is 2.42. The van der Waals surface area contributed by atoms with E-state index in [2.05, 4.69) is 16.8 Å². The number of unbranched alkanes of at least 4 members (excludes halogenated alkanes) is 6. The van der Waals surface area contributed by atoms with Crippen LogP contribution in [0.15, 0.2) is 4.99 Å². The highest BCUT2D eigenvalue weighted by molar-refractivity contribution is 14.0. The van der Waals surface area contributed by atoms with Crippen LogP contribution in [0, 0.1) is 0 Å². The van der Waals surface area contributed by atoms with Crippen LogP contribution in [0.3, 0.4) is 0 Å². The number of rotatable bonds is 8. The zero-order valence-corrected chi connectivity index (χ0v) is 14.6. The van der Waals surface area contributed by atoms with Crippen molar-refractivity contribution in [2.24, 2.45) is 10.7 Å². The molecular formula is C14H30IN3O. The number of nitrogens with two attached hydrogens (primary N) is 1. The van der Waals surface area contributed by atoms with E-state index >= 15 is 0 Å². The second kappa shape index (κ2) is 13.0. The summed E-state index contributed by atoms with van der Waals surface area (Å²) in [7, 11) is 0. The molecule has 0 bridgehead atoms. The Morgan fingerprint density at radius 2 is 1.63 bits per heavy atom. The topological polar surface area (TPSA) is 50.8 Å². The van der Waals surface area contributed by atoms with Gasteiger partial charge >= 0.3 is 0 Å². The summed E-state index contributed by atoms with van der Waals surface area (Å²) in [6.45, 7) is 6.43. The number of nitrogens with zero attached hydrogens (tertiary/aromatic N) is 2. The average molecular weight is 383 g/mol. The Hall–Kier alpha value is -0.0400. The molecule has 0 aromatic carbocycles. The van der Waals surface area contributed by atoms with Gasteiger partial charge in [0.15, 0.2) is 5.96 Å². The van der Waals surface area contributed by atoms with Crippen molar-refractivity contribution in [3.8, 4) is 0 Å². The highest BCUT2D eigenvalue weighted by Gasteiger charge is 2.11. The molecule has 0 aromatic heterocycles. The van der Waals surface area contributed by atoms with Gasteiger partial charge in [0, 0.05) is 19.6 Å². The fourth-order valence-corrected chi connectivity index (χ4v) is 2.15. The third kappa shape index (κ3) is 9.49. The van der Waals surface area contributed by atoms with E-state index in [0.29, 0.717) is 5.96 Å². The Morgan fingerprint density at radius 3 is 2.26 bits per heavy atom. The van der Waals surface area contributed by atoms with Gasteiger partial charge in [0.1, 0.15) is 0 Å². The SMILES string of the molecule is CCCCCCCCCN=C(N)N1CCOCC1.I. The molecule has 1 aliphatic rings. The molecule has 19 heavy (non-hydrogen) atoms. The molecule has 0 radical (unpaired) electrons. The smallest absolute Gasteiger partial charge is 0.191 e. The van der Waals surface area contributed by atoms with Crippen molar-refractivity contribution >= 4 is 29.9 Å². The third-order valence-corrected chi connectivity index (χ3v) is 3.37. The molecule has 1 heterocycles. The minimum absolute atomic E-state index is 0. The molecule has 4 nitrogen and oxygen atoms in total. The summed E-state index contributed by atoms with van der Waals surface area (Å²) in [5.41, 5.74) is 5.95. The van der Waals surface area contributed by atoms with Gasteiger partial charge in [0.25, 0.3) is 0 Å². The Morgan fingerprint density at radius 1 is 1.05 bits per heavy atom. The summed E-state index contributed by atoms with van der Waals surface area (Å²) in [5, 5.41) is 0. The van der Waals surface area contributed by atoms with E-state index in [1.54, 1.807) is 0 Å². The summed E-state index contributed by atoms with van der Waals surface area (Å²) >= 11 is 0. The molecule has 0 atom stereocenters. The van der Waals surface area contributed by atoms with Crippen molar-refractivity contribution in [1.29, 1.82) is 0 Å². The maximum Gasteiger partial charge on any atom is 0.191 e. The van der Waals surface area contributed by atoms with Gasteiger partial charge in [-0.15, -0.1) is 24.0 Å². The van der Waals surface area contributed by atoms with Crippen LogP contribution in [0.5, 0.6) is 0 Å². The lowest BCUT2D eigenvalue weighted by Crippen LogP contribution is -2.44. The molecule has 1 rings (SSSR count). The van der Waals surface area contributed by atoms with Gasteiger partial charge in [-0.1, -0.05) is 45.4 Å². The third-order valence-electron chi connectivity index (χ3n) is 3.37. The summed E-state index contributed by atoms with van der Waals surface area (Å²) < 4.78 is 5.29. The van der Waals surface area contributed by atoms with E-state index in [1.165, 1.54) is 38.5 Å². The normalized spacial score (nSPS) is 16.3. The molecule has 0 spiro atoms. The quantitative estimate of drug-likeness (QED) is 0.303. The minimum Gasteiger partial charge on any atom is -0.378 e. The first-order valence-electron chi connectivity index (χ1n) is 7.47. The molecule has 0 unspecified atom stereocenters. The lowest BCUT2D eigenvalue weighted by molar-refractivity contribution is 0.0674. The fraction of sp³-hybridized carbons (Fsp3) is 0.929. The van der Waals surface area contributed by atoms with Crippen molar-refractivity contribution in [2.75, 3.05) is 32.8 Å². The first-order valence-corrected chi connectivity index (χ1v) is 7.47. The lowest BCUT2D eigenvalue weighted by Gasteiger charge is -2.27. The van der Waals surface area contributed by atoms with Crippen LogP contribution in [-0.4, -0.2) is 43.7 Å². The molecule has 5 heteroatoms. The molecule has 1 aliphatic heterocycles. The molecule has 1 fully saturated rings. The number of halogens is 1. The second-order valence-electron chi connectivity index (χ2n) is 4.96. The number of guanidine groups is 1. The van der Waals surface area contributed by atoms with Crippen LogP contribution in [0.1, 0.15) is 51.9 Å². The molecule has 0 saturated carbocycles. The van der Waals surface area contributed by atoms with E-state index in [-0.39, 0.29) is 24.0 Å². The fourth-order valence-electron chi connectivity index (χ4n) is 2.15. The highest BCUT2D eigenvalue weighted by atomic mass is 127. The Labute approximate surface area is 135 Å². The zero-order valence-electron chi connectivity index (χ0n) is 12.3. The molecule has 0 amide bonds. The van der Waals surface area contributed by atoms with Crippen LogP contribution in [0.25, 0.3) is 0 Å². The van der Waals surface area contributed by atoms with Gasteiger partial charge in [0.2, 0.25) is 0 Å². The maximum atomic E-state index is 5.95. The number of aliphatic imine (C=N–C) groups is 1. The van der Waals surface area contributed by atoms with Crippen LogP contribution in [-0.2, 0) is 4.74 Å². The van der Waals surface area contributed by atoms with Crippen molar-refractivity contribution in [3.63, 3.8) is 0 Å². The van der Waals surface area contributed by atoms with E-state index < -0.39 is 0 Å². The molecule has 114 valence electrons. The Kier molecular flexibility index (Phi) is 12.9. The van der Waals surface area contributed by atoms with Crippen LogP contribution < -0.4 is 5.73 Å². The Bertz CT molecular complexity index is 231.